The highest BCUT2D eigenvalue weighted by Gasteiger charge is 2.53. The summed E-state index contributed by atoms with van der Waals surface area (Å²) in [5.41, 5.74) is 4.28. The molecule has 0 radical (unpaired) electrons. The lowest BCUT2D eigenvalue weighted by molar-refractivity contribution is -0.138. The van der Waals surface area contributed by atoms with Crippen LogP contribution in [0.2, 0.25) is 0 Å². The van der Waals surface area contributed by atoms with E-state index in [1.165, 1.54) is 11.9 Å². The standard InChI is InChI=1S/C29H34N2O5/c1-17(2)21-15-22-27(29(36)31(3)28(22)35)23(16-32)26(21)25(34)12-9-19(24-6-4-5-13-30-24)14-18-7-10-20(33)11-8-18/h4-8,10-11,13-14,17,22-23,25,27,32-34H,9,12,15-16H2,1-3H3/b19-14-/t22-,23+,25-,27-/m1/s1. The van der Waals surface area contributed by atoms with E-state index in [9.17, 15) is 24.9 Å². The molecule has 190 valence electrons. The fourth-order valence-electron chi connectivity index (χ4n) is 5.65. The molecule has 7 nitrogen and oxygen atoms in total. The van der Waals surface area contributed by atoms with E-state index in [-0.39, 0.29) is 30.1 Å². The number of phenols is 1. The molecule has 3 N–H and O–H groups in total. The van der Waals surface area contributed by atoms with Crippen LogP contribution < -0.4 is 0 Å². The average molecular weight is 491 g/mol. The van der Waals surface area contributed by atoms with Crippen LogP contribution in [0.25, 0.3) is 11.6 Å². The maximum atomic E-state index is 12.9. The van der Waals surface area contributed by atoms with Crippen molar-refractivity contribution in [3.63, 3.8) is 0 Å². The van der Waals surface area contributed by atoms with E-state index in [1.807, 2.05) is 50.3 Å². The number of aromatic nitrogens is 1. The number of hydrogen-bond acceptors (Lipinski definition) is 6. The molecule has 2 aliphatic rings. The number of fused-ring (bicyclic) bond motifs is 1. The molecular weight excluding hydrogens is 456 g/mol. The van der Waals surface area contributed by atoms with Crippen molar-refractivity contribution < 1.29 is 24.9 Å². The molecule has 0 saturated carbocycles. The summed E-state index contributed by atoms with van der Waals surface area (Å²) in [4.78, 5) is 31.3. The molecule has 2 aromatic rings. The van der Waals surface area contributed by atoms with Crippen LogP contribution in [0, 0.1) is 23.7 Å². The van der Waals surface area contributed by atoms with Gasteiger partial charge in [-0.2, -0.15) is 0 Å². The average Bonchev–Trinajstić information content (AvgIpc) is 3.10. The van der Waals surface area contributed by atoms with Gasteiger partial charge in [0.25, 0.3) is 0 Å². The highest BCUT2D eigenvalue weighted by atomic mass is 16.3. The van der Waals surface area contributed by atoms with E-state index >= 15 is 0 Å². The molecule has 1 fully saturated rings. The lowest BCUT2D eigenvalue weighted by Gasteiger charge is -2.38. The fourth-order valence-corrected chi connectivity index (χ4v) is 5.65. The number of aliphatic hydroxyl groups is 2. The molecular formula is C29H34N2O5. The van der Waals surface area contributed by atoms with Crippen molar-refractivity contribution in [1.82, 2.24) is 9.88 Å². The normalized spacial score (nSPS) is 23.4. The topological polar surface area (TPSA) is 111 Å². The van der Waals surface area contributed by atoms with Crippen molar-refractivity contribution in [3.8, 4) is 5.75 Å². The molecule has 1 aliphatic heterocycles. The third-order valence-corrected chi connectivity index (χ3v) is 7.51. The minimum atomic E-state index is -0.874. The monoisotopic (exact) mass is 490 g/mol. The summed E-state index contributed by atoms with van der Waals surface area (Å²) >= 11 is 0. The van der Waals surface area contributed by atoms with Crippen molar-refractivity contribution in [1.29, 1.82) is 0 Å². The lowest BCUT2D eigenvalue weighted by atomic mass is 9.66. The zero-order chi connectivity index (χ0) is 26.0. The number of allylic oxidation sites excluding steroid dienone is 2. The van der Waals surface area contributed by atoms with Gasteiger partial charge in [-0.15, -0.1) is 0 Å². The fraction of sp³-hybridized carbons (Fsp3) is 0.414. The molecule has 36 heavy (non-hydrogen) atoms. The van der Waals surface area contributed by atoms with E-state index in [0.29, 0.717) is 24.8 Å². The molecule has 0 bridgehead atoms. The third kappa shape index (κ3) is 4.99. The number of nitrogens with zero attached hydrogens (tertiary/aromatic N) is 2. The van der Waals surface area contributed by atoms with Crippen LogP contribution in [-0.4, -0.2) is 56.8 Å². The highest BCUT2D eigenvalue weighted by molar-refractivity contribution is 6.05. The first kappa shape index (κ1) is 25.8. The Hall–Kier alpha value is -3.29. The summed E-state index contributed by atoms with van der Waals surface area (Å²) < 4.78 is 0. The number of aromatic hydroxyl groups is 1. The van der Waals surface area contributed by atoms with Crippen molar-refractivity contribution in [2.24, 2.45) is 23.7 Å². The number of phenolic OH excluding ortho intramolecular Hbond substituents is 1. The molecule has 4 rings (SSSR count). The second kappa shape index (κ2) is 10.8. The van der Waals surface area contributed by atoms with Crippen LogP contribution in [-0.2, 0) is 9.59 Å². The van der Waals surface area contributed by atoms with E-state index in [1.54, 1.807) is 18.3 Å². The summed E-state index contributed by atoms with van der Waals surface area (Å²) in [6.07, 6.45) is 4.14. The molecule has 4 atom stereocenters. The molecule has 2 amide bonds. The van der Waals surface area contributed by atoms with Crippen molar-refractivity contribution in [2.75, 3.05) is 13.7 Å². The van der Waals surface area contributed by atoms with Gasteiger partial charge in [-0.3, -0.25) is 19.5 Å². The number of rotatable bonds is 8. The van der Waals surface area contributed by atoms with Gasteiger partial charge in [0, 0.05) is 19.2 Å². The maximum Gasteiger partial charge on any atom is 0.233 e. The first-order valence-electron chi connectivity index (χ1n) is 12.5. The van der Waals surface area contributed by atoms with Gasteiger partial charge in [-0.25, -0.2) is 0 Å². The van der Waals surface area contributed by atoms with Gasteiger partial charge in [-0.05, 0) is 72.2 Å². The van der Waals surface area contributed by atoms with Gasteiger partial charge >= 0.3 is 0 Å². The molecule has 1 aromatic heterocycles. The molecule has 2 heterocycles. The molecule has 1 aliphatic carbocycles. The number of hydrogen-bond donors (Lipinski definition) is 3. The Morgan fingerprint density at radius 3 is 2.47 bits per heavy atom. The molecule has 0 unspecified atom stereocenters. The van der Waals surface area contributed by atoms with Gasteiger partial charge in [0.15, 0.2) is 0 Å². The van der Waals surface area contributed by atoms with Crippen molar-refractivity contribution in [2.45, 2.75) is 39.2 Å². The zero-order valence-electron chi connectivity index (χ0n) is 21.0. The number of carbonyl (C=O) groups excluding carboxylic acids is 2. The number of likely N-dealkylation sites (tertiary alicyclic amines) is 1. The molecule has 7 heteroatoms. The Labute approximate surface area is 211 Å². The van der Waals surface area contributed by atoms with Crippen LogP contribution in [0.5, 0.6) is 5.75 Å². The molecule has 1 saturated heterocycles. The predicted octanol–water partition coefficient (Wildman–Crippen LogP) is 3.66. The molecule has 1 aromatic carbocycles. The Kier molecular flexibility index (Phi) is 7.71. The predicted molar refractivity (Wildman–Crippen MR) is 137 cm³/mol. The van der Waals surface area contributed by atoms with Gasteiger partial charge in [0.1, 0.15) is 5.75 Å². The Balaban J connectivity index is 1.65. The Morgan fingerprint density at radius 1 is 1.14 bits per heavy atom. The van der Waals surface area contributed by atoms with E-state index in [0.717, 1.165) is 22.4 Å². The summed E-state index contributed by atoms with van der Waals surface area (Å²) in [6.45, 7) is 3.74. The summed E-state index contributed by atoms with van der Waals surface area (Å²) in [7, 11) is 1.50. The number of amides is 2. The van der Waals surface area contributed by atoms with Crippen LogP contribution in [0.15, 0.2) is 59.8 Å². The van der Waals surface area contributed by atoms with Crippen LogP contribution in [0.3, 0.4) is 0 Å². The van der Waals surface area contributed by atoms with Crippen LogP contribution in [0.1, 0.15) is 44.4 Å². The minimum Gasteiger partial charge on any atom is -0.508 e. The highest BCUT2D eigenvalue weighted by Crippen LogP contribution is 2.47. The Morgan fingerprint density at radius 2 is 1.86 bits per heavy atom. The van der Waals surface area contributed by atoms with Crippen LogP contribution in [0.4, 0.5) is 0 Å². The smallest absolute Gasteiger partial charge is 0.233 e. The van der Waals surface area contributed by atoms with Gasteiger partial charge < -0.3 is 15.3 Å². The van der Waals surface area contributed by atoms with Crippen molar-refractivity contribution in [3.05, 3.63) is 71.1 Å². The second-order valence-corrected chi connectivity index (χ2v) is 10.0. The summed E-state index contributed by atoms with van der Waals surface area (Å²) in [5, 5.41) is 31.4. The maximum absolute atomic E-state index is 12.9. The van der Waals surface area contributed by atoms with Gasteiger partial charge in [-0.1, -0.05) is 37.6 Å². The third-order valence-electron chi connectivity index (χ3n) is 7.51. The lowest BCUT2D eigenvalue weighted by Crippen LogP contribution is -2.39. The van der Waals surface area contributed by atoms with Gasteiger partial charge in [0.2, 0.25) is 11.8 Å². The number of aliphatic hydroxyl groups excluding tert-OH is 2. The number of imide groups is 1. The van der Waals surface area contributed by atoms with Crippen molar-refractivity contribution >= 4 is 23.5 Å². The second-order valence-electron chi connectivity index (χ2n) is 10.0. The van der Waals surface area contributed by atoms with E-state index in [4.69, 9.17) is 0 Å². The number of carbonyl (C=O) groups is 2. The Bertz CT molecular complexity index is 1170. The van der Waals surface area contributed by atoms with Gasteiger partial charge in [0.05, 0.1) is 30.2 Å². The van der Waals surface area contributed by atoms with E-state index in [2.05, 4.69) is 4.98 Å². The first-order valence-corrected chi connectivity index (χ1v) is 12.5. The zero-order valence-corrected chi connectivity index (χ0v) is 21.0. The summed E-state index contributed by atoms with van der Waals surface area (Å²) in [6, 6.07) is 12.5. The van der Waals surface area contributed by atoms with Crippen LogP contribution >= 0.6 is 0 Å². The SMILES string of the molecule is CC(C)C1=C([C@H](O)CC/C(=C/c2ccc(O)cc2)c2ccccn2)[C@H](CO)[C@@H]2C(=O)N(C)C(=O)[C@@H]2C1. The number of benzene rings is 1. The largest absolute Gasteiger partial charge is 0.508 e. The minimum absolute atomic E-state index is 0.0706. The summed E-state index contributed by atoms with van der Waals surface area (Å²) in [5.74, 6) is -1.93. The first-order chi connectivity index (χ1) is 17.2. The molecule has 0 spiro atoms. The quantitative estimate of drug-likeness (QED) is 0.385. The number of pyridine rings is 1. The van der Waals surface area contributed by atoms with E-state index < -0.39 is 23.9 Å².